The van der Waals surface area contributed by atoms with Crippen molar-refractivity contribution < 1.29 is 17.9 Å². The number of benzene rings is 2. The average Bonchev–Trinajstić information content (AvgIpc) is 2.74. The normalized spacial score (nSPS) is 15.0. The fourth-order valence-corrected chi connectivity index (χ4v) is 4.93. The van der Waals surface area contributed by atoms with Crippen LogP contribution >= 0.6 is 0 Å². The molecule has 0 unspecified atom stereocenters. The lowest BCUT2D eigenvalue weighted by Gasteiger charge is -2.34. The second-order valence-corrected chi connectivity index (χ2v) is 8.89. The van der Waals surface area contributed by atoms with Gasteiger partial charge in [0.15, 0.2) is 6.61 Å². The minimum atomic E-state index is -3.59. The molecule has 1 aliphatic rings. The van der Waals surface area contributed by atoms with E-state index in [0.717, 1.165) is 5.56 Å². The summed E-state index contributed by atoms with van der Waals surface area (Å²) >= 11 is 0. The molecular formula is C21H23N3O4S. The minimum Gasteiger partial charge on any atom is -0.484 e. The van der Waals surface area contributed by atoms with Gasteiger partial charge in [-0.15, -0.1) is 0 Å². The third-order valence-electron chi connectivity index (χ3n) is 4.88. The first-order valence-electron chi connectivity index (χ1n) is 9.29. The van der Waals surface area contributed by atoms with Crippen molar-refractivity contribution in [2.75, 3.05) is 32.8 Å². The van der Waals surface area contributed by atoms with Gasteiger partial charge >= 0.3 is 0 Å². The number of sulfonamides is 1. The molecule has 2 aromatic carbocycles. The van der Waals surface area contributed by atoms with E-state index in [-0.39, 0.29) is 25.6 Å². The van der Waals surface area contributed by atoms with E-state index in [1.54, 1.807) is 48.2 Å². The molecule has 1 heterocycles. The molecule has 0 aliphatic carbocycles. The Kier molecular flexibility index (Phi) is 6.20. The fraction of sp³-hybridized carbons (Fsp3) is 0.333. The Morgan fingerprint density at radius 2 is 1.83 bits per heavy atom. The predicted octanol–water partition coefficient (Wildman–Crippen LogP) is 2.09. The van der Waals surface area contributed by atoms with Crippen molar-refractivity contribution in [2.24, 2.45) is 0 Å². The molecule has 0 radical (unpaired) electrons. The van der Waals surface area contributed by atoms with Crippen molar-refractivity contribution >= 4 is 15.9 Å². The molecule has 1 amide bonds. The number of hydrogen-bond donors (Lipinski definition) is 0. The van der Waals surface area contributed by atoms with Crippen molar-refractivity contribution in [1.82, 2.24) is 9.21 Å². The van der Waals surface area contributed by atoms with E-state index in [0.29, 0.717) is 34.9 Å². The van der Waals surface area contributed by atoms with E-state index in [1.165, 1.54) is 4.31 Å². The molecule has 7 nitrogen and oxygen atoms in total. The first kappa shape index (κ1) is 20.8. The molecule has 0 N–H and O–H groups in total. The lowest BCUT2D eigenvalue weighted by molar-refractivity contribution is -0.134. The molecule has 2 aromatic rings. The summed E-state index contributed by atoms with van der Waals surface area (Å²) in [5.41, 5.74) is 2.06. The van der Waals surface area contributed by atoms with E-state index < -0.39 is 10.0 Å². The lowest BCUT2D eigenvalue weighted by atomic mass is 10.2. The maximum Gasteiger partial charge on any atom is 0.260 e. The van der Waals surface area contributed by atoms with E-state index in [4.69, 9.17) is 10.00 Å². The predicted molar refractivity (Wildman–Crippen MR) is 108 cm³/mol. The molecule has 0 atom stereocenters. The highest BCUT2D eigenvalue weighted by Crippen LogP contribution is 2.22. The number of carbonyl (C=O) groups excluding carboxylic acids is 1. The number of nitriles is 1. The van der Waals surface area contributed by atoms with E-state index in [2.05, 4.69) is 0 Å². The Bertz CT molecular complexity index is 1050. The number of rotatable bonds is 5. The van der Waals surface area contributed by atoms with Crippen LogP contribution in [0.3, 0.4) is 0 Å². The number of carbonyl (C=O) groups is 1. The van der Waals surface area contributed by atoms with Gasteiger partial charge in [0.05, 0.1) is 16.5 Å². The summed E-state index contributed by atoms with van der Waals surface area (Å²) in [4.78, 5) is 14.3. The zero-order valence-corrected chi connectivity index (χ0v) is 17.3. The quantitative estimate of drug-likeness (QED) is 0.749. The third-order valence-corrected chi connectivity index (χ3v) is 6.92. The zero-order valence-electron chi connectivity index (χ0n) is 16.5. The van der Waals surface area contributed by atoms with Crippen LogP contribution in [-0.4, -0.2) is 56.3 Å². The molecule has 3 rings (SSSR count). The molecule has 1 saturated heterocycles. The number of hydrogen-bond acceptors (Lipinski definition) is 5. The molecule has 1 aliphatic heterocycles. The molecule has 0 spiro atoms. The van der Waals surface area contributed by atoms with Gasteiger partial charge in [0.1, 0.15) is 5.75 Å². The highest BCUT2D eigenvalue weighted by atomic mass is 32.2. The maximum atomic E-state index is 13.0. The van der Waals surface area contributed by atoms with Gasteiger partial charge in [-0.05, 0) is 49.2 Å². The summed E-state index contributed by atoms with van der Waals surface area (Å²) in [7, 11) is -3.59. The van der Waals surface area contributed by atoms with Gasteiger partial charge in [0.2, 0.25) is 10.0 Å². The Morgan fingerprint density at radius 3 is 2.52 bits per heavy atom. The van der Waals surface area contributed by atoms with Gasteiger partial charge in [0.25, 0.3) is 5.91 Å². The maximum absolute atomic E-state index is 13.0. The smallest absolute Gasteiger partial charge is 0.260 e. The average molecular weight is 413 g/mol. The molecular weight excluding hydrogens is 390 g/mol. The molecule has 0 aromatic heterocycles. The van der Waals surface area contributed by atoms with E-state index in [1.807, 2.05) is 19.1 Å². The standard InChI is InChI=1S/C21H23N3O4S/c1-16-6-7-17(2)20(12-16)29(26,27)24-10-8-23(9-11-24)21(25)15-28-19-5-3-4-18(13-19)14-22/h3-7,12-13H,8-11,15H2,1-2H3. The Morgan fingerprint density at radius 1 is 1.10 bits per heavy atom. The molecule has 0 bridgehead atoms. The van der Waals surface area contributed by atoms with Crippen LogP contribution in [0, 0.1) is 25.2 Å². The highest BCUT2D eigenvalue weighted by molar-refractivity contribution is 7.89. The van der Waals surface area contributed by atoms with Gasteiger partial charge < -0.3 is 9.64 Å². The van der Waals surface area contributed by atoms with Crippen LogP contribution in [0.15, 0.2) is 47.4 Å². The van der Waals surface area contributed by atoms with E-state index in [9.17, 15) is 13.2 Å². The number of piperazine rings is 1. The molecule has 152 valence electrons. The summed E-state index contributed by atoms with van der Waals surface area (Å²) in [6, 6.07) is 14.0. The third kappa shape index (κ3) is 4.75. The zero-order chi connectivity index (χ0) is 21.0. The highest BCUT2D eigenvalue weighted by Gasteiger charge is 2.31. The molecule has 1 fully saturated rings. The van der Waals surface area contributed by atoms with Crippen molar-refractivity contribution in [1.29, 1.82) is 5.26 Å². The van der Waals surface area contributed by atoms with Crippen LogP contribution < -0.4 is 4.74 Å². The minimum absolute atomic E-state index is 0.154. The van der Waals surface area contributed by atoms with Crippen LogP contribution in [0.5, 0.6) is 5.75 Å². The van der Waals surface area contributed by atoms with Crippen LogP contribution in [0.2, 0.25) is 0 Å². The van der Waals surface area contributed by atoms with Crippen molar-refractivity contribution in [3.8, 4) is 11.8 Å². The van der Waals surface area contributed by atoms with Crippen molar-refractivity contribution in [2.45, 2.75) is 18.7 Å². The SMILES string of the molecule is Cc1ccc(C)c(S(=O)(=O)N2CCN(C(=O)COc3cccc(C#N)c3)CC2)c1. The first-order valence-corrected chi connectivity index (χ1v) is 10.7. The second-order valence-electron chi connectivity index (χ2n) is 6.98. The van der Waals surface area contributed by atoms with Gasteiger partial charge in [-0.2, -0.15) is 9.57 Å². The Hall–Kier alpha value is -2.89. The largest absolute Gasteiger partial charge is 0.484 e. The van der Waals surface area contributed by atoms with Gasteiger partial charge in [-0.25, -0.2) is 8.42 Å². The number of nitrogens with zero attached hydrogens (tertiary/aromatic N) is 3. The van der Waals surface area contributed by atoms with Crippen molar-refractivity contribution in [3.05, 3.63) is 59.2 Å². The summed E-state index contributed by atoms with van der Waals surface area (Å²) < 4.78 is 32.9. The first-order chi connectivity index (χ1) is 13.8. The summed E-state index contributed by atoms with van der Waals surface area (Å²) in [6.45, 7) is 4.59. The molecule has 0 saturated carbocycles. The number of ether oxygens (including phenoxy) is 1. The molecule has 8 heteroatoms. The Balaban J connectivity index is 1.59. The lowest BCUT2D eigenvalue weighted by Crippen LogP contribution is -2.51. The molecule has 29 heavy (non-hydrogen) atoms. The van der Waals surface area contributed by atoms with Gasteiger partial charge in [-0.1, -0.05) is 18.2 Å². The Labute approximate surface area is 171 Å². The topological polar surface area (TPSA) is 90.7 Å². The monoisotopic (exact) mass is 413 g/mol. The van der Waals surface area contributed by atoms with Gasteiger partial charge in [0, 0.05) is 26.2 Å². The van der Waals surface area contributed by atoms with Crippen LogP contribution in [0.4, 0.5) is 0 Å². The van der Waals surface area contributed by atoms with Crippen LogP contribution in [0.25, 0.3) is 0 Å². The second kappa shape index (κ2) is 8.64. The summed E-state index contributed by atoms with van der Waals surface area (Å²) in [6.07, 6.45) is 0. The van der Waals surface area contributed by atoms with Crippen LogP contribution in [-0.2, 0) is 14.8 Å². The number of aryl methyl sites for hydroxylation is 2. The summed E-state index contributed by atoms with van der Waals surface area (Å²) in [5.74, 6) is 0.240. The van der Waals surface area contributed by atoms with E-state index >= 15 is 0 Å². The van der Waals surface area contributed by atoms with Crippen LogP contribution in [0.1, 0.15) is 16.7 Å². The summed E-state index contributed by atoms with van der Waals surface area (Å²) in [5, 5.41) is 8.91. The van der Waals surface area contributed by atoms with Gasteiger partial charge in [-0.3, -0.25) is 4.79 Å². The fourth-order valence-electron chi connectivity index (χ4n) is 3.19. The number of amides is 1. The van der Waals surface area contributed by atoms with Crippen molar-refractivity contribution in [3.63, 3.8) is 0 Å².